The molecule has 0 aliphatic carbocycles. The van der Waals surface area contributed by atoms with Gasteiger partial charge < -0.3 is 0 Å². The quantitative estimate of drug-likeness (QED) is 0.0996. The third-order valence-electron chi connectivity index (χ3n) is 12.8. The monoisotopic (exact) mass is 1050 g/mol. The van der Waals surface area contributed by atoms with Crippen molar-refractivity contribution >= 4 is 45.3 Å². The van der Waals surface area contributed by atoms with Crippen LogP contribution < -0.4 is 0 Å². The first-order valence-electron chi connectivity index (χ1n) is 25.4. The molecule has 0 saturated carbocycles. The Kier molecular flexibility index (Phi) is 16.5. The second kappa shape index (κ2) is 25.0. The van der Waals surface area contributed by atoms with E-state index in [0.29, 0.717) is 0 Å². The minimum absolute atomic E-state index is 0.191. The molecule has 0 N–H and O–H groups in total. The fourth-order valence-electron chi connectivity index (χ4n) is 9.18. The molecule has 4 heteroatoms. The predicted molar refractivity (Wildman–Crippen MR) is 326 cm³/mol. The van der Waals surface area contributed by atoms with Crippen molar-refractivity contribution in [3.05, 3.63) is 328 Å². The van der Waals surface area contributed by atoms with Gasteiger partial charge in [-0.3, -0.25) is 0 Å². The highest BCUT2D eigenvalue weighted by Gasteiger charge is 2.32. The smallest absolute Gasteiger partial charge is 0.0901 e. The normalized spacial score (nSPS) is 11.7. The van der Waals surface area contributed by atoms with E-state index in [2.05, 4.69) is 328 Å². The molecule has 0 fully saturated rings. The van der Waals surface area contributed by atoms with E-state index in [1.165, 1.54) is 93.5 Å². The van der Waals surface area contributed by atoms with Crippen LogP contribution in [0.25, 0.3) is 44.5 Å². The average Bonchev–Trinajstić information content (AvgIpc) is 3.50. The summed E-state index contributed by atoms with van der Waals surface area (Å²) in [7, 11) is -0.416. The summed E-state index contributed by atoms with van der Waals surface area (Å²) in [6, 6.07) is 118. The van der Waals surface area contributed by atoms with E-state index in [1.54, 1.807) is 0 Å². The van der Waals surface area contributed by atoms with Gasteiger partial charge in [0.15, 0.2) is 29.4 Å². The molecule has 0 heterocycles. The molecule has 0 bridgehead atoms. The van der Waals surface area contributed by atoms with Crippen molar-refractivity contribution in [3.8, 4) is 44.5 Å². The number of rotatable bonds is 14. The zero-order valence-electron chi connectivity index (χ0n) is 41.8. The van der Waals surface area contributed by atoms with Crippen molar-refractivity contribution in [2.45, 2.75) is 49.0 Å². The largest absolute Gasteiger partial charge is 0.174 e. The van der Waals surface area contributed by atoms with E-state index >= 15 is 0 Å². The van der Waals surface area contributed by atoms with Crippen LogP contribution in [0.4, 0.5) is 0 Å². The minimum atomic E-state index is -0.225. The molecular weight excluding hydrogens is 993 g/mol. The van der Waals surface area contributed by atoms with Crippen molar-refractivity contribution in [1.82, 2.24) is 0 Å². The van der Waals surface area contributed by atoms with Crippen LogP contribution in [0.2, 0.25) is 0 Å². The Morgan fingerprint density at radius 1 is 0.197 bits per heavy atom. The molecule has 76 heavy (non-hydrogen) atoms. The summed E-state index contributed by atoms with van der Waals surface area (Å²) < 4.78 is 0. The Balaban J connectivity index is 0.000000162. The molecule has 2 unspecified atom stereocenters. The Morgan fingerprint density at radius 3 is 1.13 bits per heavy atom. The molecule has 12 aromatic rings. The van der Waals surface area contributed by atoms with Gasteiger partial charge in [-0.05, 0) is 148 Å². The summed E-state index contributed by atoms with van der Waals surface area (Å²) in [5.74, 6) is 0. The van der Waals surface area contributed by atoms with Crippen LogP contribution in [0.1, 0.15) is 0 Å². The predicted octanol–water partition coefficient (Wildman–Crippen LogP) is 20.5. The van der Waals surface area contributed by atoms with Crippen LogP contribution >= 0.6 is 23.5 Å². The Labute approximate surface area is 462 Å². The van der Waals surface area contributed by atoms with Crippen molar-refractivity contribution in [2.24, 2.45) is 0 Å². The summed E-state index contributed by atoms with van der Waals surface area (Å²) in [5.41, 5.74) is 10.0. The number of hydrogen-bond acceptors (Lipinski definition) is 2. The van der Waals surface area contributed by atoms with Gasteiger partial charge in [0, 0.05) is 31.2 Å². The van der Waals surface area contributed by atoms with Gasteiger partial charge in [0.25, 0.3) is 0 Å². The fraction of sp³-hybridized carbons (Fsp3) is 0. The molecule has 0 aliphatic heterocycles. The summed E-state index contributed by atoms with van der Waals surface area (Å²) in [4.78, 5) is 13.0. The third-order valence-corrected chi connectivity index (χ3v) is 19.4. The van der Waals surface area contributed by atoms with E-state index < -0.39 is 0 Å². The van der Waals surface area contributed by atoms with Gasteiger partial charge in [-0.25, -0.2) is 0 Å². The molecule has 0 aliphatic rings. The molecule has 0 nitrogen and oxygen atoms in total. The third kappa shape index (κ3) is 12.4. The van der Waals surface area contributed by atoms with E-state index in [-0.39, 0.29) is 21.8 Å². The summed E-state index contributed by atoms with van der Waals surface area (Å²) in [5, 5.41) is 0. The maximum Gasteiger partial charge on any atom is 0.174 e. The molecule has 2 atom stereocenters. The topological polar surface area (TPSA) is 0 Å². The molecule has 0 aromatic heterocycles. The zero-order chi connectivity index (χ0) is 51.1. The van der Waals surface area contributed by atoms with Crippen LogP contribution in [-0.4, -0.2) is 0 Å². The molecule has 0 radical (unpaired) electrons. The molecule has 12 rings (SSSR count). The molecule has 0 saturated heterocycles. The lowest BCUT2D eigenvalue weighted by Crippen LogP contribution is -2.06. The second-order valence-electron chi connectivity index (χ2n) is 17.9. The minimum Gasteiger partial charge on any atom is -0.0901 e. The first-order chi connectivity index (χ1) is 37.7. The molecule has 12 aromatic carbocycles. The SMILES string of the molecule is c1ccc(-c2cccc(Sc3ccc([S+](c4ccccc4)c4cccc(-c5ccccc5)c4)cc3)c2)cc1.c1ccc(-c2ccccc2Sc2ccc([S+](c3ccccc3)c3ccccc3-c3ccccc3)cc2)cc1. The van der Waals surface area contributed by atoms with Crippen molar-refractivity contribution in [2.75, 3.05) is 0 Å². The standard InChI is InChI=1S/2C36H27S2/c1-4-14-28(15-5-1)33-20-10-12-22-35(33)37-30-24-26-32(27-25-30)38(31-18-8-3-9-19-31)36-23-13-11-21-34(36)29-16-6-2-7-17-29;1-4-12-28(13-5-1)30-16-10-18-33(26-30)37-32-22-24-35(25-23-32)38(34-19-8-3-9-20-34)36-21-11-17-31(27-36)29-14-6-2-7-15-29/h2*1-27H/q2*+1. The molecule has 0 spiro atoms. The van der Waals surface area contributed by atoms with Crippen LogP contribution in [0.5, 0.6) is 0 Å². The van der Waals surface area contributed by atoms with Crippen molar-refractivity contribution in [3.63, 3.8) is 0 Å². The number of benzene rings is 12. The molecular formula is C72H54S4+2. The maximum absolute atomic E-state index is 2.35. The second-order valence-corrected chi connectivity index (χ2v) is 24.2. The first kappa shape index (κ1) is 50.2. The average molecular weight is 1050 g/mol. The fourth-order valence-corrected chi connectivity index (χ4v) is 15.4. The molecule has 0 amide bonds. The van der Waals surface area contributed by atoms with Crippen LogP contribution in [-0.2, 0) is 21.8 Å². The van der Waals surface area contributed by atoms with E-state index in [4.69, 9.17) is 0 Å². The van der Waals surface area contributed by atoms with Gasteiger partial charge in [-0.2, -0.15) is 0 Å². The lowest BCUT2D eigenvalue weighted by Gasteiger charge is -2.13. The zero-order valence-corrected chi connectivity index (χ0v) is 45.1. The van der Waals surface area contributed by atoms with Gasteiger partial charge in [0.2, 0.25) is 0 Å². The highest BCUT2D eigenvalue weighted by molar-refractivity contribution is 8.00. The maximum atomic E-state index is 2.35. The number of hydrogen-bond donors (Lipinski definition) is 0. The lowest BCUT2D eigenvalue weighted by molar-refractivity contribution is 1.28. The van der Waals surface area contributed by atoms with Crippen LogP contribution in [0.15, 0.2) is 377 Å². The highest BCUT2D eigenvalue weighted by atomic mass is 32.2. The first-order valence-corrected chi connectivity index (χ1v) is 29.5. The van der Waals surface area contributed by atoms with Crippen molar-refractivity contribution in [1.29, 1.82) is 0 Å². The van der Waals surface area contributed by atoms with Crippen LogP contribution in [0, 0.1) is 0 Å². The van der Waals surface area contributed by atoms with E-state index in [9.17, 15) is 0 Å². The summed E-state index contributed by atoms with van der Waals surface area (Å²) >= 11 is 3.64. The van der Waals surface area contributed by atoms with Crippen LogP contribution in [0.3, 0.4) is 0 Å². The Hall–Kier alpha value is -7.96. The Morgan fingerprint density at radius 2 is 0.566 bits per heavy atom. The Bertz CT molecular complexity index is 3720. The molecule has 364 valence electrons. The lowest BCUT2D eigenvalue weighted by atomic mass is 10.1. The van der Waals surface area contributed by atoms with E-state index in [1.807, 2.05) is 23.5 Å². The van der Waals surface area contributed by atoms with Crippen molar-refractivity contribution < 1.29 is 0 Å². The summed E-state index contributed by atoms with van der Waals surface area (Å²) in [6.07, 6.45) is 0. The van der Waals surface area contributed by atoms with E-state index in [0.717, 1.165) is 0 Å². The summed E-state index contributed by atoms with van der Waals surface area (Å²) in [6.45, 7) is 0. The van der Waals surface area contributed by atoms with Gasteiger partial charge >= 0.3 is 0 Å². The van der Waals surface area contributed by atoms with Gasteiger partial charge in [0.05, 0.1) is 21.8 Å². The van der Waals surface area contributed by atoms with Gasteiger partial charge in [-0.15, -0.1) is 0 Å². The van der Waals surface area contributed by atoms with Gasteiger partial charge in [-0.1, -0.05) is 236 Å². The van der Waals surface area contributed by atoms with Gasteiger partial charge in [0.1, 0.15) is 0 Å². The highest BCUT2D eigenvalue weighted by Crippen LogP contribution is 2.41.